The van der Waals surface area contributed by atoms with Crippen molar-refractivity contribution in [3.63, 3.8) is 0 Å². The summed E-state index contributed by atoms with van der Waals surface area (Å²) in [4.78, 5) is 5.69. The topological polar surface area (TPSA) is 107 Å². The Bertz CT molecular complexity index is 1030. The standard InChI is InChI=1S/C16H15F2N7/c1-24(10-4-2-3-9(17)5-10)15-11-6-12(18)13(23-21)7-14(11)25(8-19)16(20)22-15/h2-8,19-20,23H,21H2,1H3. The van der Waals surface area contributed by atoms with Gasteiger partial charge in [-0.3, -0.25) is 21.2 Å². The summed E-state index contributed by atoms with van der Waals surface area (Å²) in [6, 6.07) is 8.43. The molecule has 0 amide bonds. The van der Waals surface area contributed by atoms with Crippen LogP contribution >= 0.6 is 0 Å². The Morgan fingerprint density at radius 3 is 2.68 bits per heavy atom. The van der Waals surface area contributed by atoms with Crippen molar-refractivity contribution in [2.45, 2.75) is 0 Å². The first-order valence-electron chi connectivity index (χ1n) is 7.23. The lowest BCUT2D eigenvalue weighted by Crippen LogP contribution is -2.27. The number of fused-ring (bicyclic) bond motifs is 1. The first-order chi connectivity index (χ1) is 12.0. The number of nitrogens with one attached hydrogen (secondary N) is 3. The number of nitrogens with zero attached hydrogens (tertiary/aromatic N) is 3. The third-order valence-corrected chi connectivity index (χ3v) is 3.82. The zero-order valence-corrected chi connectivity index (χ0v) is 13.2. The Morgan fingerprint density at radius 1 is 1.28 bits per heavy atom. The van der Waals surface area contributed by atoms with Gasteiger partial charge in [-0.25, -0.2) is 8.78 Å². The quantitative estimate of drug-likeness (QED) is 0.252. The van der Waals surface area contributed by atoms with Gasteiger partial charge >= 0.3 is 0 Å². The Kier molecular flexibility index (Phi) is 4.15. The van der Waals surface area contributed by atoms with Gasteiger partial charge < -0.3 is 10.3 Å². The van der Waals surface area contributed by atoms with E-state index >= 15 is 0 Å². The third-order valence-electron chi connectivity index (χ3n) is 3.82. The predicted octanol–water partition coefficient (Wildman–Crippen LogP) is 2.30. The molecular weight excluding hydrogens is 328 g/mol. The fourth-order valence-electron chi connectivity index (χ4n) is 2.57. The minimum absolute atomic E-state index is 0.0214. The predicted molar refractivity (Wildman–Crippen MR) is 92.0 cm³/mol. The number of halogens is 2. The molecule has 0 saturated carbocycles. The van der Waals surface area contributed by atoms with Crippen LogP contribution in [0.4, 0.5) is 26.0 Å². The van der Waals surface area contributed by atoms with Gasteiger partial charge in [0.15, 0.2) is 0 Å². The molecule has 128 valence electrons. The van der Waals surface area contributed by atoms with Gasteiger partial charge in [0.05, 0.1) is 17.5 Å². The van der Waals surface area contributed by atoms with E-state index in [0.29, 0.717) is 16.6 Å². The lowest BCUT2D eigenvalue weighted by Gasteiger charge is -2.21. The molecule has 0 aliphatic heterocycles. The average molecular weight is 343 g/mol. The summed E-state index contributed by atoms with van der Waals surface area (Å²) < 4.78 is 28.9. The van der Waals surface area contributed by atoms with Crippen LogP contribution in [0.2, 0.25) is 0 Å². The number of nitrogen functional groups attached to an aromatic ring is 1. The number of nitrogens with two attached hydrogens (primary N) is 1. The molecule has 0 aliphatic rings. The lowest BCUT2D eigenvalue weighted by molar-refractivity contribution is 0.627. The van der Waals surface area contributed by atoms with Crippen LogP contribution in [0.3, 0.4) is 0 Å². The van der Waals surface area contributed by atoms with Crippen LogP contribution in [0.15, 0.2) is 36.4 Å². The summed E-state index contributed by atoms with van der Waals surface area (Å²) in [7, 11) is 1.64. The van der Waals surface area contributed by atoms with E-state index in [4.69, 9.17) is 16.7 Å². The summed E-state index contributed by atoms with van der Waals surface area (Å²) in [5.74, 6) is 4.53. The van der Waals surface area contributed by atoms with Crippen molar-refractivity contribution in [1.29, 1.82) is 10.8 Å². The molecule has 2 aromatic carbocycles. The van der Waals surface area contributed by atoms with E-state index in [-0.39, 0.29) is 17.1 Å². The Morgan fingerprint density at radius 2 is 2.04 bits per heavy atom. The van der Waals surface area contributed by atoms with Gasteiger partial charge in [0, 0.05) is 18.1 Å². The normalized spacial score (nSPS) is 10.7. The van der Waals surface area contributed by atoms with Crippen molar-refractivity contribution >= 4 is 34.4 Å². The molecule has 9 heteroatoms. The van der Waals surface area contributed by atoms with Crippen LogP contribution in [0, 0.1) is 22.5 Å². The van der Waals surface area contributed by atoms with Crippen molar-refractivity contribution in [2.75, 3.05) is 17.4 Å². The molecule has 0 bridgehead atoms. The molecular formula is C16H15F2N7. The molecule has 0 saturated heterocycles. The summed E-state index contributed by atoms with van der Waals surface area (Å²) in [5, 5.41) is 15.9. The molecule has 7 nitrogen and oxygen atoms in total. The third kappa shape index (κ3) is 2.81. The summed E-state index contributed by atoms with van der Waals surface area (Å²) in [6.45, 7) is 0. The number of hydrazine groups is 1. The summed E-state index contributed by atoms with van der Waals surface area (Å²) in [6.07, 6.45) is 0.905. The number of benzene rings is 2. The zero-order valence-electron chi connectivity index (χ0n) is 13.2. The van der Waals surface area contributed by atoms with Crippen LogP contribution in [0.5, 0.6) is 0 Å². The van der Waals surface area contributed by atoms with Gasteiger partial charge in [-0.15, -0.1) is 0 Å². The van der Waals surface area contributed by atoms with E-state index in [2.05, 4.69) is 10.4 Å². The number of aromatic nitrogens is 2. The minimum Gasteiger partial charge on any atom is -0.329 e. The second-order valence-electron chi connectivity index (χ2n) is 5.29. The molecule has 0 atom stereocenters. The smallest absolute Gasteiger partial charge is 0.229 e. The lowest BCUT2D eigenvalue weighted by atomic mass is 10.1. The number of hydrogen-bond acceptors (Lipinski definition) is 6. The molecule has 3 aromatic rings. The largest absolute Gasteiger partial charge is 0.329 e. The van der Waals surface area contributed by atoms with Gasteiger partial charge in [0.25, 0.3) is 0 Å². The Labute approximate surface area is 141 Å². The molecule has 1 aromatic heterocycles. The summed E-state index contributed by atoms with van der Waals surface area (Å²) >= 11 is 0. The number of hydrogen-bond donors (Lipinski definition) is 4. The first-order valence-corrected chi connectivity index (χ1v) is 7.23. The van der Waals surface area contributed by atoms with Crippen LogP contribution < -0.4 is 21.8 Å². The molecule has 0 spiro atoms. The summed E-state index contributed by atoms with van der Waals surface area (Å²) in [5.41, 5.74) is 2.88. The molecule has 0 unspecified atom stereocenters. The average Bonchev–Trinajstić information content (AvgIpc) is 2.60. The molecule has 1 heterocycles. The van der Waals surface area contributed by atoms with E-state index < -0.39 is 11.6 Å². The molecule has 25 heavy (non-hydrogen) atoms. The molecule has 0 aliphatic carbocycles. The van der Waals surface area contributed by atoms with Crippen molar-refractivity contribution in [1.82, 2.24) is 9.55 Å². The minimum atomic E-state index is -0.611. The van der Waals surface area contributed by atoms with E-state index in [1.165, 1.54) is 28.8 Å². The van der Waals surface area contributed by atoms with E-state index in [9.17, 15) is 8.78 Å². The number of rotatable bonds is 4. The maximum atomic E-state index is 14.2. The molecule has 3 rings (SSSR count). The van der Waals surface area contributed by atoms with E-state index in [1.54, 1.807) is 24.1 Å². The maximum Gasteiger partial charge on any atom is 0.229 e. The highest BCUT2D eigenvalue weighted by molar-refractivity contribution is 5.96. The second kappa shape index (κ2) is 6.29. The van der Waals surface area contributed by atoms with Crippen molar-refractivity contribution in [3.8, 4) is 0 Å². The van der Waals surface area contributed by atoms with Gasteiger partial charge in [-0.2, -0.15) is 4.98 Å². The first kappa shape index (κ1) is 16.5. The monoisotopic (exact) mass is 343 g/mol. The van der Waals surface area contributed by atoms with Crippen LogP contribution in [-0.2, 0) is 0 Å². The van der Waals surface area contributed by atoms with Crippen molar-refractivity contribution < 1.29 is 8.78 Å². The van der Waals surface area contributed by atoms with Crippen LogP contribution in [-0.4, -0.2) is 22.9 Å². The van der Waals surface area contributed by atoms with Gasteiger partial charge in [0.1, 0.15) is 17.5 Å². The van der Waals surface area contributed by atoms with Crippen molar-refractivity contribution in [3.05, 3.63) is 53.7 Å². The SMILES string of the molecule is CN(c1cccc(F)c1)c1nc(=N)n(C=N)c2cc(NN)c(F)cc12. The highest BCUT2D eigenvalue weighted by Crippen LogP contribution is 2.31. The number of anilines is 3. The maximum absolute atomic E-state index is 14.2. The van der Waals surface area contributed by atoms with Gasteiger partial charge in [0.2, 0.25) is 5.62 Å². The van der Waals surface area contributed by atoms with Gasteiger partial charge in [-0.05, 0) is 30.3 Å². The Hall–Kier alpha value is -3.33. The second-order valence-corrected chi connectivity index (χ2v) is 5.29. The van der Waals surface area contributed by atoms with E-state index in [1.807, 2.05) is 0 Å². The highest BCUT2D eigenvalue weighted by Gasteiger charge is 2.16. The Balaban J connectivity index is 2.33. The molecule has 0 radical (unpaired) electrons. The fourth-order valence-corrected chi connectivity index (χ4v) is 2.57. The van der Waals surface area contributed by atoms with Crippen LogP contribution in [0.25, 0.3) is 10.9 Å². The highest BCUT2D eigenvalue weighted by atomic mass is 19.1. The van der Waals surface area contributed by atoms with Crippen molar-refractivity contribution in [2.24, 2.45) is 5.84 Å². The van der Waals surface area contributed by atoms with Crippen LogP contribution in [0.1, 0.15) is 0 Å². The van der Waals surface area contributed by atoms with E-state index in [0.717, 1.165) is 6.34 Å². The zero-order chi connectivity index (χ0) is 18.1. The molecule has 5 N–H and O–H groups in total. The molecule has 0 fully saturated rings. The van der Waals surface area contributed by atoms with Gasteiger partial charge in [-0.1, -0.05) is 6.07 Å². The fraction of sp³-hybridized carbons (Fsp3) is 0.0625.